The van der Waals surface area contributed by atoms with Crippen LogP contribution >= 0.6 is 0 Å². The van der Waals surface area contributed by atoms with Gasteiger partial charge in [0, 0.05) is 0 Å². The summed E-state index contributed by atoms with van der Waals surface area (Å²) in [5, 5.41) is 9.75. The molecule has 1 N–H and O–H groups in total. The van der Waals surface area contributed by atoms with Crippen molar-refractivity contribution in [2.45, 2.75) is 59.5 Å². The molecular weight excluding hydrogens is 184 g/mol. The lowest BCUT2D eigenvalue weighted by atomic mass is 9.87. The van der Waals surface area contributed by atoms with E-state index >= 15 is 0 Å². The number of hydrogen-bond acceptors (Lipinski definition) is 1. The lowest BCUT2D eigenvalue weighted by Crippen LogP contribution is -2.18. The molecule has 0 aliphatic carbocycles. The van der Waals surface area contributed by atoms with Gasteiger partial charge in [-0.25, -0.2) is 0 Å². The van der Waals surface area contributed by atoms with Crippen LogP contribution in [0, 0.1) is 5.41 Å². The van der Waals surface area contributed by atoms with E-state index in [0.717, 1.165) is 19.3 Å². The second kappa shape index (κ2) is 5.50. The Bertz CT molecular complexity index is 228. The van der Waals surface area contributed by atoms with Gasteiger partial charge in [0.05, 0.1) is 5.60 Å². The van der Waals surface area contributed by atoms with Crippen molar-refractivity contribution in [3.8, 4) is 0 Å². The molecule has 0 aliphatic heterocycles. The summed E-state index contributed by atoms with van der Waals surface area (Å²) in [5.74, 6) is 0. The summed E-state index contributed by atoms with van der Waals surface area (Å²) in [5.41, 5.74) is 0.867. The largest absolute Gasteiger partial charge is 0.386 e. The number of aliphatic hydroxyl groups is 1. The first-order valence-corrected chi connectivity index (χ1v) is 5.73. The zero-order chi connectivity index (χ0) is 12.1. The van der Waals surface area contributed by atoms with Crippen molar-refractivity contribution in [2.75, 3.05) is 0 Å². The van der Waals surface area contributed by atoms with Crippen LogP contribution < -0.4 is 0 Å². The highest BCUT2D eigenvalue weighted by Crippen LogP contribution is 2.25. The van der Waals surface area contributed by atoms with Crippen molar-refractivity contribution in [1.82, 2.24) is 0 Å². The number of rotatable bonds is 5. The topological polar surface area (TPSA) is 20.2 Å². The van der Waals surface area contributed by atoms with E-state index in [2.05, 4.69) is 27.4 Å². The van der Waals surface area contributed by atoms with Crippen LogP contribution in [0.1, 0.15) is 53.9 Å². The molecule has 0 aliphatic rings. The zero-order valence-electron chi connectivity index (χ0n) is 10.9. The maximum Gasteiger partial charge on any atom is 0.0797 e. The van der Waals surface area contributed by atoms with Crippen molar-refractivity contribution in [3.63, 3.8) is 0 Å². The van der Waals surface area contributed by atoms with Crippen molar-refractivity contribution >= 4 is 0 Å². The van der Waals surface area contributed by atoms with Crippen LogP contribution in [-0.2, 0) is 0 Å². The summed E-state index contributed by atoms with van der Waals surface area (Å²) >= 11 is 0. The highest BCUT2D eigenvalue weighted by Gasteiger charge is 2.13. The third-order valence-corrected chi connectivity index (χ3v) is 2.38. The Labute approximate surface area is 94.9 Å². The smallest absolute Gasteiger partial charge is 0.0797 e. The van der Waals surface area contributed by atoms with Gasteiger partial charge in [-0.15, -0.1) is 0 Å². The molecule has 88 valence electrons. The fourth-order valence-corrected chi connectivity index (χ4v) is 1.42. The highest BCUT2D eigenvalue weighted by molar-refractivity contribution is 5.07. The zero-order valence-corrected chi connectivity index (χ0v) is 10.9. The maximum atomic E-state index is 9.75. The molecule has 0 radical (unpaired) electrons. The van der Waals surface area contributed by atoms with Crippen molar-refractivity contribution in [3.05, 3.63) is 24.3 Å². The summed E-state index contributed by atoms with van der Waals surface area (Å²) in [7, 11) is 0. The summed E-state index contributed by atoms with van der Waals surface area (Å²) in [6.07, 6.45) is 6.55. The molecule has 0 amide bonds. The minimum Gasteiger partial charge on any atom is -0.386 e. The van der Waals surface area contributed by atoms with Crippen LogP contribution in [0.5, 0.6) is 0 Å². The Kier molecular flexibility index (Phi) is 5.30. The average molecular weight is 210 g/mol. The van der Waals surface area contributed by atoms with E-state index in [1.807, 2.05) is 26.0 Å². The highest BCUT2D eigenvalue weighted by atomic mass is 16.3. The van der Waals surface area contributed by atoms with E-state index in [-0.39, 0.29) is 0 Å². The first-order chi connectivity index (χ1) is 6.66. The van der Waals surface area contributed by atoms with Gasteiger partial charge in [0.15, 0.2) is 0 Å². The van der Waals surface area contributed by atoms with E-state index in [0.29, 0.717) is 5.41 Å². The Morgan fingerprint density at radius 3 is 2.20 bits per heavy atom. The predicted molar refractivity (Wildman–Crippen MR) is 67.9 cm³/mol. The third-order valence-electron chi connectivity index (χ3n) is 2.38. The first-order valence-electron chi connectivity index (χ1n) is 5.73. The predicted octanol–water partition coefficient (Wildman–Crippen LogP) is 4.09. The van der Waals surface area contributed by atoms with Crippen LogP contribution in [0.2, 0.25) is 0 Å². The Morgan fingerprint density at radius 1 is 1.27 bits per heavy atom. The molecule has 0 spiro atoms. The third kappa shape index (κ3) is 8.44. The molecular formula is C14H26O. The van der Waals surface area contributed by atoms with Gasteiger partial charge < -0.3 is 5.11 Å². The summed E-state index contributed by atoms with van der Waals surface area (Å²) in [4.78, 5) is 0. The van der Waals surface area contributed by atoms with Crippen LogP contribution in [0.15, 0.2) is 24.3 Å². The standard InChI is InChI=1S/C14H26O/c1-7-14(6,15)10-8-9-12(2)11-13(3,4)5/h8,10,15H,2,7,9,11H2,1,3-6H3/b10-8+. The van der Waals surface area contributed by atoms with E-state index in [1.54, 1.807) is 0 Å². The molecule has 0 rings (SSSR count). The molecule has 0 fully saturated rings. The van der Waals surface area contributed by atoms with Crippen molar-refractivity contribution in [2.24, 2.45) is 5.41 Å². The Morgan fingerprint density at radius 2 is 1.80 bits per heavy atom. The average Bonchev–Trinajstić information content (AvgIpc) is 2.00. The molecule has 1 unspecified atom stereocenters. The van der Waals surface area contributed by atoms with Gasteiger partial charge >= 0.3 is 0 Å². The minimum absolute atomic E-state index is 0.304. The molecule has 0 heterocycles. The van der Waals surface area contributed by atoms with Crippen LogP contribution in [0.4, 0.5) is 0 Å². The van der Waals surface area contributed by atoms with Gasteiger partial charge in [0.1, 0.15) is 0 Å². The fraction of sp³-hybridized carbons (Fsp3) is 0.714. The minimum atomic E-state index is -0.665. The van der Waals surface area contributed by atoms with Crippen molar-refractivity contribution < 1.29 is 5.11 Å². The Balaban J connectivity index is 4.02. The molecule has 0 saturated carbocycles. The van der Waals surface area contributed by atoms with E-state index in [9.17, 15) is 5.11 Å². The number of allylic oxidation sites excluding steroid dienone is 2. The second-order valence-electron chi connectivity index (χ2n) is 5.80. The molecule has 0 bridgehead atoms. The fourth-order valence-electron chi connectivity index (χ4n) is 1.42. The molecule has 1 heteroatoms. The van der Waals surface area contributed by atoms with E-state index < -0.39 is 5.60 Å². The SMILES string of the molecule is C=C(C/C=C/C(C)(O)CC)CC(C)(C)C. The van der Waals surface area contributed by atoms with Crippen molar-refractivity contribution in [1.29, 1.82) is 0 Å². The van der Waals surface area contributed by atoms with Crippen LogP contribution in [0.3, 0.4) is 0 Å². The molecule has 1 atom stereocenters. The molecule has 0 aromatic rings. The normalized spacial score (nSPS) is 16.7. The Hall–Kier alpha value is -0.560. The maximum absolute atomic E-state index is 9.75. The molecule has 1 nitrogen and oxygen atoms in total. The van der Waals surface area contributed by atoms with E-state index in [1.165, 1.54) is 5.57 Å². The summed E-state index contributed by atoms with van der Waals surface area (Å²) < 4.78 is 0. The van der Waals surface area contributed by atoms with Gasteiger partial charge in [0.25, 0.3) is 0 Å². The van der Waals surface area contributed by atoms with Gasteiger partial charge in [-0.05, 0) is 31.6 Å². The summed E-state index contributed by atoms with van der Waals surface area (Å²) in [6, 6.07) is 0. The van der Waals surface area contributed by atoms with Gasteiger partial charge in [-0.3, -0.25) is 0 Å². The molecule has 0 saturated heterocycles. The number of hydrogen-bond donors (Lipinski definition) is 1. The van der Waals surface area contributed by atoms with Crippen LogP contribution in [-0.4, -0.2) is 10.7 Å². The van der Waals surface area contributed by atoms with E-state index in [4.69, 9.17) is 0 Å². The van der Waals surface area contributed by atoms with Crippen LogP contribution in [0.25, 0.3) is 0 Å². The van der Waals surface area contributed by atoms with Gasteiger partial charge in [-0.1, -0.05) is 52.0 Å². The van der Waals surface area contributed by atoms with Gasteiger partial charge in [-0.2, -0.15) is 0 Å². The van der Waals surface area contributed by atoms with Gasteiger partial charge in [0.2, 0.25) is 0 Å². The second-order valence-corrected chi connectivity index (χ2v) is 5.80. The molecule has 15 heavy (non-hydrogen) atoms. The lowest BCUT2D eigenvalue weighted by molar-refractivity contribution is 0.107. The lowest BCUT2D eigenvalue weighted by Gasteiger charge is -2.19. The monoisotopic (exact) mass is 210 g/mol. The quantitative estimate of drug-likeness (QED) is 0.678. The molecule has 0 aromatic heterocycles. The molecule has 0 aromatic carbocycles. The first kappa shape index (κ1) is 14.4. The summed E-state index contributed by atoms with van der Waals surface area (Å²) in [6.45, 7) is 14.5.